The Hall–Kier alpha value is -4.36. The molecule has 2 aromatic carbocycles. The zero-order valence-corrected chi connectivity index (χ0v) is 17.2. The van der Waals surface area contributed by atoms with Crippen LogP contribution >= 0.6 is 0 Å². The summed E-state index contributed by atoms with van der Waals surface area (Å²) in [7, 11) is 3.39. The Bertz CT molecular complexity index is 1640. The van der Waals surface area contributed by atoms with Crippen LogP contribution in [0.5, 0.6) is 0 Å². The maximum atomic E-state index is 15.1. The van der Waals surface area contributed by atoms with Gasteiger partial charge in [-0.1, -0.05) is 6.07 Å². The Morgan fingerprint density at radius 3 is 2.72 bits per heavy atom. The first-order valence-electron chi connectivity index (χ1n) is 9.74. The average molecular weight is 428 g/mol. The molecule has 0 spiro atoms. The second-order valence-electron chi connectivity index (χ2n) is 7.44. The average Bonchev–Trinajstić information content (AvgIpc) is 3.30. The Kier molecular flexibility index (Phi) is 4.35. The highest BCUT2D eigenvalue weighted by Crippen LogP contribution is 2.38. The molecule has 0 atom stereocenters. The Morgan fingerprint density at radius 1 is 1.16 bits per heavy atom. The van der Waals surface area contributed by atoms with E-state index in [2.05, 4.69) is 26.5 Å². The molecule has 0 unspecified atom stereocenters. The second-order valence-corrected chi connectivity index (χ2v) is 7.44. The molecule has 5 rings (SSSR count). The minimum Gasteiger partial charge on any atom is -0.325 e. The number of fused-ring (bicyclic) bond motifs is 2. The number of nitriles is 1. The molecule has 0 aliphatic heterocycles. The third kappa shape index (κ3) is 2.79. The van der Waals surface area contributed by atoms with Gasteiger partial charge < -0.3 is 5.73 Å². The van der Waals surface area contributed by atoms with Crippen molar-refractivity contribution in [1.29, 1.82) is 5.26 Å². The van der Waals surface area contributed by atoms with Crippen molar-refractivity contribution in [3.05, 3.63) is 64.1 Å². The van der Waals surface area contributed by atoms with Crippen molar-refractivity contribution in [2.45, 2.75) is 6.54 Å². The predicted molar refractivity (Wildman–Crippen MR) is 117 cm³/mol. The molecular formula is C22H17FN8O. The smallest absolute Gasteiger partial charge is 0.272 e. The molecule has 0 bridgehead atoms. The maximum Gasteiger partial charge on any atom is 0.272 e. The normalized spacial score (nSPS) is 11.3. The number of halogens is 1. The third-order valence-electron chi connectivity index (χ3n) is 5.52. The highest BCUT2D eigenvalue weighted by atomic mass is 19.1. The minimum absolute atomic E-state index is 0.107. The Balaban J connectivity index is 1.82. The molecule has 0 saturated heterocycles. The topological polar surface area (TPSA) is 131 Å². The molecule has 0 fully saturated rings. The van der Waals surface area contributed by atoms with Crippen LogP contribution < -0.4 is 11.3 Å². The summed E-state index contributed by atoms with van der Waals surface area (Å²) in [5, 5.41) is 26.3. The molecule has 3 heterocycles. The van der Waals surface area contributed by atoms with Gasteiger partial charge in [0.2, 0.25) is 5.95 Å². The summed E-state index contributed by atoms with van der Waals surface area (Å²) in [6.45, 7) is 0.107. The molecule has 0 aliphatic rings. The van der Waals surface area contributed by atoms with Gasteiger partial charge in [-0.3, -0.25) is 14.2 Å². The van der Waals surface area contributed by atoms with E-state index in [1.54, 1.807) is 55.3 Å². The van der Waals surface area contributed by atoms with Gasteiger partial charge in [0.05, 0.1) is 33.4 Å². The summed E-state index contributed by atoms with van der Waals surface area (Å²) in [5.41, 5.74) is 8.65. The van der Waals surface area contributed by atoms with Gasteiger partial charge in [0.1, 0.15) is 6.07 Å². The number of nitrogens with one attached hydrogen (secondary N) is 1. The van der Waals surface area contributed by atoms with Crippen LogP contribution in [0.1, 0.15) is 11.3 Å². The highest BCUT2D eigenvalue weighted by Gasteiger charge is 2.24. The zero-order valence-electron chi connectivity index (χ0n) is 17.2. The van der Waals surface area contributed by atoms with E-state index in [0.29, 0.717) is 49.8 Å². The lowest BCUT2D eigenvalue weighted by molar-refractivity contribution is 0.556. The fraction of sp³-hybridized carbons (Fsp3) is 0.136. The molecular weight excluding hydrogens is 411 g/mol. The molecule has 3 aromatic heterocycles. The lowest BCUT2D eigenvalue weighted by Crippen LogP contribution is -2.13. The van der Waals surface area contributed by atoms with Crippen molar-refractivity contribution in [3.63, 3.8) is 0 Å². The van der Waals surface area contributed by atoms with Crippen LogP contribution in [0.15, 0.2) is 41.3 Å². The summed E-state index contributed by atoms with van der Waals surface area (Å²) < 4.78 is 18.2. The first-order chi connectivity index (χ1) is 15.4. The van der Waals surface area contributed by atoms with Gasteiger partial charge in [-0.05, 0) is 29.8 Å². The highest BCUT2D eigenvalue weighted by molar-refractivity contribution is 5.96. The number of aryl methyl sites for hydroxylation is 2. The number of H-pyrrole nitrogens is 1. The fourth-order valence-electron chi connectivity index (χ4n) is 4.12. The van der Waals surface area contributed by atoms with Crippen molar-refractivity contribution in [2.75, 3.05) is 0 Å². The Labute approximate surface area is 180 Å². The molecule has 32 heavy (non-hydrogen) atoms. The van der Waals surface area contributed by atoms with Gasteiger partial charge in [0.25, 0.3) is 5.56 Å². The van der Waals surface area contributed by atoms with Gasteiger partial charge >= 0.3 is 0 Å². The van der Waals surface area contributed by atoms with E-state index in [4.69, 9.17) is 5.73 Å². The lowest BCUT2D eigenvalue weighted by atomic mass is 9.95. The van der Waals surface area contributed by atoms with Crippen LogP contribution in [-0.2, 0) is 20.6 Å². The quantitative estimate of drug-likeness (QED) is 0.453. The zero-order chi connectivity index (χ0) is 22.6. The van der Waals surface area contributed by atoms with E-state index in [1.807, 2.05) is 0 Å². The van der Waals surface area contributed by atoms with E-state index in [1.165, 1.54) is 4.68 Å². The van der Waals surface area contributed by atoms with Gasteiger partial charge in [0, 0.05) is 43.2 Å². The fourth-order valence-corrected chi connectivity index (χ4v) is 4.12. The predicted octanol–water partition coefficient (Wildman–Crippen LogP) is 2.35. The summed E-state index contributed by atoms with van der Waals surface area (Å²) >= 11 is 0. The summed E-state index contributed by atoms with van der Waals surface area (Å²) in [6.07, 6.45) is 1.76. The number of aromatic nitrogens is 6. The molecule has 0 saturated carbocycles. The van der Waals surface area contributed by atoms with Crippen LogP contribution in [0, 0.1) is 17.3 Å². The number of benzene rings is 2. The van der Waals surface area contributed by atoms with E-state index < -0.39 is 5.95 Å². The molecule has 10 heteroatoms. The van der Waals surface area contributed by atoms with Crippen molar-refractivity contribution >= 4 is 21.7 Å². The lowest BCUT2D eigenvalue weighted by Gasteiger charge is -2.10. The first kappa shape index (κ1) is 19.6. The van der Waals surface area contributed by atoms with Crippen LogP contribution in [0.25, 0.3) is 44.1 Å². The third-order valence-corrected chi connectivity index (χ3v) is 5.52. The molecule has 9 nitrogen and oxygen atoms in total. The number of hydrogen-bond acceptors (Lipinski definition) is 6. The van der Waals surface area contributed by atoms with Crippen LogP contribution in [-0.4, -0.2) is 29.8 Å². The van der Waals surface area contributed by atoms with Crippen molar-refractivity contribution in [3.8, 4) is 28.5 Å². The van der Waals surface area contributed by atoms with Gasteiger partial charge in [-0.2, -0.15) is 19.8 Å². The molecule has 0 aliphatic carbocycles. The number of nitrogens with zero attached hydrogens (tertiary/aromatic N) is 6. The van der Waals surface area contributed by atoms with Crippen LogP contribution in [0.3, 0.4) is 0 Å². The monoisotopic (exact) mass is 428 g/mol. The van der Waals surface area contributed by atoms with Gasteiger partial charge in [0.15, 0.2) is 0 Å². The number of aromatic amines is 1. The maximum absolute atomic E-state index is 15.1. The van der Waals surface area contributed by atoms with E-state index in [-0.39, 0.29) is 17.7 Å². The van der Waals surface area contributed by atoms with Gasteiger partial charge in [-0.25, -0.2) is 5.10 Å². The molecule has 0 amide bonds. The summed E-state index contributed by atoms with van der Waals surface area (Å²) in [4.78, 5) is 12.2. The largest absolute Gasteiger partial charge is 0.325 e. The van der Waals surface area contributed by atoms with Crippen LogP contribution in [0.2, 0.25) is 0 Å². The van der Waals surface area contributed by atoms with Gasteiger partial charge in [-0.15, -0.1) is 5.10 Å². The molecule has 5 aromatic rings. The van der Waals surface area contributed by atoms with Crippen LogP contribution in [0.4, 0.5) is 4.39 Å². The first-order valence-corrected chi connectivity index (χ1v) is 9.74. The molecule has 0 radical (unpaired) electrons. The summed E-state index contributed by atoms with van der Waals surface area (Å²) in [5.74, 6) is -0.691. The summed E-state index contributed by atoms with van der Waals surface area (Å²) in [6, 6.07) is 10.7. The second kappa shape index (κ2) is 7.11. The molecule has 3 N–H and O–H groups in total. The van der Waals surface area contributed by atoms with E-state index >= 15 is 4.39 Å². The SMILES string of the molecule is Cn1cc2c(C#N)c(-c3c(-c4ccc5c(=O)[nH]nc(CN)c5c4)c(F)nn3C)ccc2n1. The van der Waals surface area contributed by atoms with Crippen molar-refractivity contribution in [2.24, 2.45) is 19.8 Å². The minimum atomic E-state index is -0.691. The Morgan fingerprint density at radius 2 is 1.97 bits per heavy atom. The molecule has 158 valence electrons. The standard InChI is InChI=1S/C22H17FN8O/c1-30-10-16-15(8-24)12(5-6-17(16)28-30)20-19(21(23)29-31(20)2)11-3-4-13-14(7-11)18(9-25)26-27-22(13)32/h3-7,10H,9,25H2,1-2H3,(H,27,32). The number of nitrogens with two attached hydrogens (primary N) is 1. The van der Waals surface area contributed by atoms with E-state index in [0.717, 1.165) is 0 Å². The van der Waals surface area contributed by atoms with Crippen molar-refractivity contribution in [1.82, 2.24) is 29.8 Å². The van der Waals surface area contributed by atoms with E-state index in [9.17, 15) is 10.1 Å². The number of hydrogen-bond donors (Lipinski definition) is 2. The number of rotatable bonds is 3. The van der Waals surface area contributed by atoms with Crippen molar-refractivity contribution < 1.29 is 4.39 Å².